The first-order chi connectivity index (χ1) is 14.8. The Morgan fingerprint density at radius 1 is 1.25 bits per heavy atom. The normalized spacial score (nSPS) is 16.2. The van der Waals surface area contributed by atoms with Gasteiger partial charge in [-0.3, -0.25) is 9.69 Å². The molecule has 2 heterocycles. The standard InChI is InChI=1S/C22H29N3O5S2/c1-13(2)18-17-16(12-25(18)21(27)30-22(3,4)5)31-20(24-17)19(26)23-11-14-7-9-15(10-8-14)32(6,28)29/h7-10,13,18H,11-12H2,1-6H3,(H,23,26). The van der Waals surface area contributed by atoms with E-state index in [1.54, 1.807) is 17.0 Å². The highest BCUT2D eigenvalue weighted by Gasteiger charge is 2.41. The van der Waals surface area contributed by atoms with Crippen molar-refractivity contribution in [3.8, 4) is 0 Å². The summed E-state index contributed by atoms with van der Waals surface area (Å²) in [7, 11) is -3.26. The second kappa shape index (κ2) is 8.82. The molecule has 174 valence electrons. The van der Waals surface area contributed by atoms with Crippen molar-refractivity contribution in [2.24, 2.45) is 5.92 Å². The van der Waals surface area contributed by atoms with Crippen LogP contribution in [-0.4, -0.2) is 42.2 Å². The molecule has 32 heavy (non-hydrogen) atoms. The van der Waals surface area contributed by atoms with Crippen LogP contribution in [0.25, 0.3) is 0 Å². The minimum absolute atomic E-state index is 0.107. The number of thiazole rings is 1. The molecule has 1 aromatic carbocycles. The molecule has 2 amide bonds. The van der Waals surface area contributed by atoms with Crippen molar-refractivity contribution in [1.29, 1.82) is 0 Å². The number of nitrogens with zero attached hydrogens (tertiary/aromatic N) is 2. The van der Waals surface area contributed by atoms with Crippen LogP contribution in [0, 0.1) is 5.92 Å². The largest absolute Gasteiger partial charge is 0.444 e. The number of benzene rings is 1. The number of fused-ring (bicyclic) bond motifs is 1. The van der Waals surface area contributed by atoms with Gasteiger partial charge in [-0.2, -0.15) is 0 Å². The lowest BCUT2D eigenvalue weighted by atomic mass is 10.0. The van der Waals surface area contributed by atoms with E-state index in [-0.39, 0.29) is 35.4 Å². The summed E-state index contributed by atoms with van der Waals surface area (Å²) in [6.07, 6.45) is 0.768. The molecular weight excluding hydrogens is 450 g/mol. The molecule has 1 atom stereocenters. The molecular formula is C22H29N3O5S2. The minimum Gasteiger partial charge on any atom is -0.444 e. The highest BCUT2D eigenvalue weighted by atomic mass is 32.2. The zero-order chi connectivity index (χ0) is 23.8. The zero-order valence-electron chi connectivity index (χ0n) is 19.1. The zero-order valence-corrected chi connectivity index (χ0v) is 20.8. The molecule has 0 aliphatic carbocycles. The molecule has 0 radical (unpaired) electrons. The Morgan fingerprint density at radius 3 is 2.41 bits per heavy atom. The number of ether oxygens (including phenoxy) is 1. The molecule has 0 bridgehead atoms. The molecule has 0 saturated heterocycles. The monoisotopic (exact) mass is 479 g/mol. The SMILES string of the molecule is CC(C)C1c2nc(C(=O)NCc3ccc(S(C)(=O)=O)cc3)sc2CN1C(=O)OC(C)(C)C. The van der Waals surface area contributed by atoms with E-state index in [9.17, 15) is 18.0 Å². The summed E-state index contributed by atoms with van der Waals surface area (Å²) in [4.78, 5) is 32.7. The van der Waals surface area contributed by atoms with Gasteiger partial charge >= 0.3 is 6.09 Å². The van der Waals surface area contributed by atoms with E-state index in [0.717, 1.165) is 22.4 Å². The van der Waals surface area contributed by atoms with Crippen LogP contribution in [0.3, 0.4) is 0 Å². The van der Waals surface area contributed by atoms with Crippen molar-refractivity contribution in [3.63, 3.8) is 0 Å². The van der Waals surface area contributed by atoms with Crippen LogP contribution in [-0.2, 0) is 27.7 Å². The quantitative estimate of drug-likeness (QED) is 0.697. The average Bonchev–Trinajstić information content (AvgIpc) is 3.22. The molecule has 1 aliphatic heterocycles. The van der Waals surface area contributed by atoms with E-state index in [4.69, 9.17) is 4.74 Å². The first kappa shape index (κ1) is 24.2. The van der Waals surface area contributed by atoms with Crippen molar-refractivity contribution >= 4 is 33.2 Å². The number of rotatable bonds is 5. The molecule has 1 unspecified atom stereocenters. The third kappa shape index (κ3) is 5.47. The number of carbonyl (C=O) groups is 2. The van der Waals surface area contributed by atoms with Gasteiger partial charge in [0, 0.05) is 12.8 Å². The molecule has 10 heteroatoms. The summed E-state index contributed by atoms with van der Waals surface area (Å²) < 4.78 is 28.7. The first-order valence-corrected chi connectivity index (χ1v) is 13.0. The summed E-state index contributed by atoms with van der Waals surface area (Å²) in [5.41, 5.74) is 0.941. The van der Waals surface area contributed by atoms with Crippen LogP contribution in [0.5, 0.6) is 0 Å². The summed E-state index contributed by atoms with van der Waals surface area (Å²) in [5, 5.41) is 3.17. The first-order valence-electron chi connectivity index (χ1n) is 10.3. The Bertz CT molecular complexity index is 1120. The molecule has 0 saturated carbocycles. The van der Waals surface area contributed by atoms with Gasteiger partial charge in [0.1, 0.15) is 5.60 Å². The number of hydrogen-bond donors (Lipinski definition) is 1. The van der Waals surface area contributed by atoms with E-state index in [1.165, 1.54) is 23.5 Å². The second-order valence-corrected chi connectivity index (χ2v) is 12.3. The molecule has 0 fully saturated rings. The summed E-state index contributed by atoms with van der Waals surface area (Å²) >= 11 is 1.28. The fourth-order valence-electron chi connectivity index (χ4n) is 3.49. The summed E-state index contributed by atoms with van der Waals surface area (Å²) in [6, 6.07) is 6.14. The lowest BCUT2D eigenvalue weighted by Crippen LogP contribution is -2.37. The van der Waals surface area contributed by atoms with Crippen LogP contribution in [0.4, 0.5) is 4.79 Å². The molecule has 1 aliphatic rings. The maximum absolute atomic E-state index is 12.7. The number of hydrogen-bond acceptors (Lipinski definition) is 7. The second-order valence-electron chi connectivity index (χ2n) is 9.22. The fraction of sp³-hybridized carbons (Fsp3) is 0.500. The summed E-state index contributed by atoms with van der Waals surface area (Å²) in [5.74, 6) is -0.196. The molecule has 2 aromatic rings. The molecule has 3 rings (SSSR count). The molecule has 1 aromatic heterocycles. The van der Waals surface area contributed by atoms with Crippen molar-refractivity contribution in [2.75, 3.05) is 6.26 Å². The highest BCUT2D eigenvalue weighted by Crippen LogP contribution is 2.41. The molecule has 0 spiro atoms. The van der Waals surface area contributed by atoms with Gasteiger partial charge in [0.15, 0.2) is 14.8 Å². The van der Waals surface area contributed by atoms with E-state index in [0.29, 0.717) is 11.6 Å². The smallest absolute Gasteiger partial charge is 0.411 e. The average molecular weight is 480 g/mol. The van der Waals surface area contributed by atoms with Crippen molar-refractivity contribution in [2.45, 2.75) is 64.2 Å². The van der Waals surface area contributed by atoms with Crippen molar-refractivity contribution < 1.29 is 22.7 Å². The van der Waals surface area contributed by atoms with Crippen LogP contribution in [0.1, 0.15) is 66.6 Å². The number of amides is 2. The van der Waals surface area contributed by atoms with Crippen LogP contribution in [0.2, 0.25) is 0 Å². The number of nitrogens with one attached hydrogen (secondary N) is 1. The Morgan fingerprint density at radius 2 is 1.88 bits per heavy atom. The van der Waals surface area contributed by atoms with Gasteiger partial charge < -0.3 is 10.1 Å². The fourth-order valence-corrected chi connectivity index (χ4v) is 5.14. The Kier molecular flexibility index (Phi) is 6.67. The van der Waals surface area contributed by atoms with Gasteiger partial charge in [0.05, 0.1) is 28.1 Å². The maximum Gasteiger partial charge on any atom is 0.411 e. The third-order valence-electron chi connectivity index (χ3n) is 4.92. The minimum atomic E-state index is -3.26. The van der Waals surface area contributed by atoms with E-state index < -0.39 is 15.4 Å². The maximum atomic E-state index is 12.7. The topological polar surface area (TPSA) is 106 Å². The predicted octanol–water partition coefficient (Wildman–Crippen LogP) is 3.92. The predicted molar refractivity (Wildman–Crippen MR) is 122 cm³/mol. The number of carbonyl (C=O) groups excluding carboxylic acids is 2. The molecule has 8 nitrogen and oxygen atoms in total. The summed E-state index contributed by atoms with van der Waals surface area (Å²) in [6.45, 7) is 10.1. The van der Waals surface area contributed by atoms with Crippen molar-refractivity contribution in [3.05, 3.63) is 45.4 Å². The van der Waals surface area contributed by atoms with Crippen LogP contribution >= 0.6 is 11.3 Å². The number of sulfone groups is 1. The van der Waals surface area contributed by atoms with Gasteiger partial charge in [-0.25, -0.2) is 18.2 Å². The van der Waals surface area contributed by atoms with Gasteiger partial charge in [-0.1, -0.05) is 26.0 Å². The van der Waals surface area contributed by atoms with Gasteiger partial charge in [-0.15, -0.1) is 11.3 Å². The highest BCUT2D eigenvalue weighted by molar-refractivity contribution is 7.90. The van der Waals surface area contributed by atoms with Crippen molar-refractivity contribution in [1.82, 2.24) is 15.2 Å². The Labute approximate surface area is 192 Å². The Balaban J connectivity index is 1.69. The van der Waals surface area contributed by atoms with E-state index >= 15 is 0 Å². The number of aromatic nitrogens is 1. The van der Waals surface area contributed by atoms with Gasteiger partial charge in [0.2, 0.25) is 0 Å². The lowest BCUT2D eigenvalue weighted by molar-refractivity contribution is 0.0124. The van der Waals surface area contributed by atoms with E-state index in [2.05, 4.69) is 10.3 Å². The Hall–Kier alpha value is -2.46. The van der Waals surface area contributed by atoms with E-state index in [1.807, 2.05) is 34.6 Å². The third-order valence-corrected chi connectivity index (χ3v) is 7.10. The van der Waals surface area contributed by atoms with Crippen LogP contribution in [0.15, 0.2) is 29.2 Å². The van der Waals surface area contributed by atoms with Gasteiger partial charge in [0.25, 0.3) is 5.91 Å². The lowest BCUT2D eigenvalue weighted by Gasteiger charge is -2.30. The molecule has 1 N–H and O–H groups in total. The van der Waals surface area contributed by atoms with Crippen LogP contribution < -0.4 is 5.32 Å². The van der Waals surface area contributed by atoms with Gasteiger partial charge in [-0.05, 0) is 44.4 Å².